The first-order valence-electron chi connectivity index (χ1n) is 6.96. The van der Waals surface area contributed by atoms with E-state index in [-0.39, 0.29) is 5.56 Å². The number of ether oxygens (including phenoxy) is 1. The van der Waals surface area contributed by atoms with Crippen LogP contribution in [0.3, 0.4) is 0 Å². The smallest absolute Gasteiger partial charge is 0.436 e. The molecule has 2 aromatic carbocycles. The standard InChI is InChI=1S/C17H14F4O3/c18-16(17(19,20)21,14(22)13-9-5-2-6-10-13)15(23)24-11-12-7-3-1-4-8-12/h1-10,14,22H,11H2/t14-,16+/m0/s1. The van der Waals surface area contributed by atoms with Crippen LogP contribution in [0.15, 0.2) is 60.7 Å². The SMILES string of the molecule is O=C(OCc1ccccc1)[C@](F)([C@@H](O)c1ccccc1)C(F)(F)F. The van der Waals surface area contributed by atoms with Gasteiger partial charge in [-0.25, -0.2) is 9.18 Å². The Bertz CT molecular complexity index is 673. The van der Waals surface area contributed by atoms with Crippen molar-refractivity contribution in [3.8, 4) is 0 Å². The van der Waals surface area contributed by atoms with Crippen LogP contribution in [-0.2, 0) is 16.1 Å². The van der Waals surface area contributed by atoms with Crippen molar-refractivity contribution in [1.29, 1.82) is 0 Å². The molecule has 0 aliphatic carbocycles. The predicted molar refractivity (Wildman–Crippen MR) is 77.5 cm³/mol. The fourth-order valence-corrected chi connectivity index (χ4v) is 2.08. The van der Waals surface area contributed by atoms with Crippen LogP contribution in [0.5, 0.6) is 0 Å². The molecule has 128 valence electrons. The Labute approximate surface area is 135 Å². The highest BCUT2D eigenvalue weighted by Crippen LogP contribution is 2.44. The van der Waals surface area contributed by atoms with Crippen LogP contribution in [0, 0.1) is 0 Å². The summed E-state index contributed by atoms with van der Waals surface area (Å²) in [6.45, 7) is -0.539. The van der Waals surface area contributed by atoms with E-state index in [4.69, 9.17) is 0 Å². The lowest BCUT2D eigenvalue weighted by atomic mass is 9.92. The number of carbonyl (C=O) groups is 1. The van der Waals surface area contributed by atoms with Crippen LogP contribution in [-0.4, -0.2) is 22.9 Å². The molecule has 24 heavy (non-hydrogen) atoms. The van der Waals surface area contributed by atoms with E-state index in [2.05, 4.69) is 4.74 Å². The molecule has 0 bridgehead atoms. The number of halogens is 4. The van der Waals surface area contributed by atoms with Gasteiger partial charge in [-0.15, -0.1) is 0 Å². The first-order chi connectivity index (χ1) is 11.3. The van der Waals surface area contributed by atoms with Gasteiger partial charge in [-0.3, -0.25) is 0 Å². The molecule has 0 radical (unpaired) electrons. The highest BCUT2D eigenvalue weighted by molar-refractivity contribution is 5.81. The molecule has 1 N–H and O–H groups in total. The van der Waals surface area contributed by atoms with E-state index in [0.29, 0.717) is 5.56 Å². The van der Waals surface area contributed by atoms with E-state index in [1.54, 1.807) is 18.2 Å². The number of esters is 1. The van der Waals surface area contributed by atoms with Gasteiger partial charge in [0.2, 0.25) is 0 Å². The van der Waals surface area contributed by atoms with Crippen molar-refractivity contribution < 1.29 is 32.2 Å². The topological polar surface area (TPSA) is 46.5 Å². The maximum atomic E-state index is 14.6. The maximum absolute atomic E-state index is 14.6. The summed E-state index contributed by atoms with van der Waals surface area (Å²) in [7, 11) is 0. The summed E-state index contributed by atoms with van der Waals surface area (Å²) in [6.07, 6.45) is -8.38. The third-order valence-electron chi connectivity index (χ3n) is 3.41. The summed E-state index contributed by atoms with van der Waals surface area (Å²) >= 11 is 0. The van der Waals surface area contributed by atoms with Crippen molar-refractivity contribution in [1.82, 2.24) is 0 Å². The molecular formula is C17H14F4O3. The van der Waals surface area contributed by atoms with E-state index >= 15 is 0 Å². The lowest BCUT2D eigenvalue weighted by molar-refractivity contribution is -0.264. The molecule has 0 fully saturated rings. The second-order valence-electron chi connectivity index (χ2n) is 5.08. The van der Waals surface area contributed by atoms with Crippen LogP contribution in [0.2, 0.25) is 0 Å². The van der Waals surface area contributed by atoms with Crippen molar-refractivity contribution >= 4 is 5.97 Å². The lowest BCUT2D eigenvalue weighted by Crippen LogP contribution is -2.53. The van der Waals surface area contributed by atoms with Gasteiger partial charge in [0, 0.05) is 0 Å². The van der Waals surface area contributed by atoms with Crippen LogP contribution < -0.4 is 0 Å². The number of aliphatic hydroxyl groups is 1. The molecule has 0 heterocycles. The van der Waals surface area contributed by atoms with Gasteiger partial charge in [0.15, 0.2) is 0 Å². The largest absolute Gasteiger partial charge is 0.458 e. The molecule has 0 spiro atoms. The third-order valence-corrected chi connectivity index (χ3v) is 3.41. The number of benzene rings is 2. The molecule has 0 saturated heterocycles. The highest BCUT2D eigenvalue weighted by Gasteiger charge is 2.68. The quantitative estimate of drug-likeness (QED) is 0.665. The van der Waals surface area contributed by atoms with Crippen molar-refractivity contribution in [2.45, 2.75) is 24.6 Å². The maximum Gasteiger partial charge on any atom is 0.436 e. The van der Waals surface area contributed by atoms with Crippen molar-refractivity contribution in [3.63, 3.8) is 0 Å². The molecule has 7 heteroatoms. The third kappa shape index (κ3) is 3.56. The van der Waals surface area contributed by atoms with Gasteiger partial charge in [0.05, 0.1) is 0 Å². The monoisotopic (exact) mass is 342 g/mol. The molecule has 0 aliphatic heterocycles. The molecule has 2 aromatic rings. The van der Waals surface area contributed by atoms with Crippen molar-refractivity contribution in [2.75, 3.05) is 0 Å². The number of aliphatic hydroxyl groups excluding tert-OH is 1. The van der Waals surface area contributed by atoms with E-state index in [0.717, 1.165) is 12.1 Å². The van der Waals surface area contributed by atoms with Gasteiger partial charge in [-0.2, -0.15) is 13.2 Å². The Hall–Kier alpha value is -2.41. The molecule has 0 unspecified atom stereocenters. The van der Waals surface area contributed by atoms with E-state index in [1.807, 2.05) is 0 Å². The van der Waals surface area contributed by atoms with Gasteiger partial charge in [-0.05, 0) is 11.1 Å². The highest BCUT2D eigenvalue weighted by atomic mass is 19.4. The van der Waals surface area contributed by atoms with E-state index < -0.39 is 30.5 Å². The number of alkyl halides is 4. The zero-order valence-corrected chi connectivity index (χ0v) is 12.3. The predicted octanol–water partition coefficient (Wildman–Crippen LogP) is 3.73. The van der Waals surface area contributed by atoms with Crippen molar-refractivity contribution in [3.05, 3.63) is 71.8 Å². The fraction of sp³-hybridized carbons (Fsp3) is 0.235. The lowest BCUT2D eigenvalue weighted by Gasteiger charge is -2.30. The molecular weight excluding hydrogens is 328 g/mol. The molecule has 0 amide bonds. The number of carbonyl (C=O) groups excluding carboxylic acids is 1. The molecule has 2 atom stereocenters. The Morgan fingerprint density at radius 2 is 1.46 bits per heavy atom. The minimum absolute atomic E-state index is 0.381. The van der Waals surface area contributed by atoms with Gasteiger partial charge in [-0.1, -0.05) is 60.7 Å². The molecule has 0 aromatic heterocycles. The summed E-state index contributed by atoms with van der Waals surface area (Å²) in [5, 5.41) is 9.85. The van der Waals surface area contributed by atoms with Crippen LogP contribution in [0.25, 0.3) is 0 Å². The first-order valence-corrected chi connectivity index (χ1v) is 6.96. The number of hydrogen-bond acceptors (Lipinski definition) is 3. The second kappa shape index (κ2) is 7.00. The first kappa shape index (κ1) is 17.9. The normalized spacial score (nSPS) is 15.4. The number of rotatable bonds is 5. The van der Waals surface area contributed by atoms with Gasteiger partial charge in [0.25, 0.3) is 0 Å². The summed E-state index contributed by atoms with van der Waals surface area (Å²) < 4.78 is 58.6. The Morgan fingerprint density at radius 3 is 1.96 bits per heavy atom. The van der Waals surface area contributed by atoms with E-state index in [9.17, 15) is 27.5 Å². The fourth-order valence-electron chi connectivity index (χ4n) is 2.08. The summed E-state index contributed by atoms with van der Waals surface area (Å²) in [6, 6.07) is 14.2. The summed E-state index contributed by atoms with van der Waals surface area (Å²) in [5.41, 5.74) is -4.55. The average Bonchev–Trinajstić information content (AvgIpc) is 2.59. The van der Waals surface area contributed by atoms with Gasteiger partial charge < -0.3 is 9.84 Å². The molecule has 0 saturated carbocycles. The average molecular weight is 342 g/mol. The zero-order valence-electron chi connectivity index (χ0n) is 12.3. The Morgan fingerprint density at radius 1 is 0.958 bits per heavy atom. The summed E-state index contributed by atoms with van der Waals surface area (Å²) in [5.74, 6) is -2.18. The Kier molecular flexibility index (Phi) is 5.23. The molecule has 3 nitrogen and oxygen atoms in total. The Balaban J connectivity index is 2.25. The van der Waals surface area contributed by atoms with Crippen LogP contribution in [0.4, 0.5) is 17.6 Å². The van der Waals surface area contributed by atoms with Crippen molar-refractivity contribution in [2.24, 2.45) is 0 Å². The molecule has 0 aliphatic rings. The van der Waals surface area contributed by atoms with Crippen LogP contribution >= 0.6 is 0 Å². The zero-order chi connectivity index (χ0) is 17.8. The van der Waals surface area contributed by atoms with Gasteiger partial charge in [0.1, 0.15) is 12.7 Å². The van der Waals surface area contributed by atoms with Gasteiger partial charge >= 0.3 is 17.8 Å². The minimum atomic E-state index is -5.64. The minimum Gasteiger partial charge on any atom is -0.458 e. The summed E-state index contributed by atoms with van der Waals surface area (Å²) in [4.78, 5) is 11.8. The molecule has 2 rings (SSSR count). The number of hydrogen-bond donors (Lipinski definition) is 1. The second-order valence-corrected chi connectivity index (χ2v) is 5.08. The van der Waals surface area contributed by atoms with Crippen LogP contribution in [0.1, 0.15) is 17.2 Å². The van der Waals surface area contributed by atoms with E-state index in [1.165, 1.54) is 30.3 Å².